The first-order valence-electron chi connectivity index (χ1n) is 4.92. The molecule has 1 aliphatic carbocycles. The summed E-state index contributed by atoms with van der Waals surface area (Å²) in [7, 11) is 0. The van der Waals surface area contributed by atoms with Crippen LogP contribution in [0.5, 0.6) is 0 Å². The van der Waals surface area contributed by atoms with Crippen molar-refractivity contribution in [3.63, 3.8) is 0 Å². The van der Waals surface area contributed by atoms with E-state index in [2.05, 4.69) is 49.4 Å². The molecule has 2 atom stereocenters. The van der Waals surface area contributed by atoms with Gasteiger partial charge in [0.15, 0.2) is 0 Å². The Hall–Kier alpha value is -1.34. The summed E-state index contributed by atoms with van der Waals surface area (Å²) in [6, 6.07) is 10.4. The SMILES string of the molecule is CC1=CC2OC2(c2ccccc2)C=C1. The van der Waals surface area contributed by atoms with Gasteiger partial charge in [0.25, 0.3) is 0 Å². The average Bonchev–Trinajstić information content (AvgIpc) is 2.94. The van der Waals surface area contributed by atoms with Gasteiger partial charge in [0, 0.05) is 0 Å². The minimum Gasteiger partial charge on any atom is -0.352 e. The molecular formula is C13H12O. The van der Waals surface area contributed by atoms with E-state index < -0.39 is 0 Å². The topological polar surface area (TPSA) is 12.5 Å². The van der Waals surface area contributed by atoms with Crippen molar-refractivity contribution < 1.29 is 4.74 Å². The number of benzene rings is 1. The van der Waals surface area contributed by atoms with E-state index in [9.17, 15) is 0 Å². The van der Waals surface area contributed by atoms with E-state index in [1.807, 2.05) is 6.07 Å². The fraction of sp³-hybridized carbons (Fsp3) is 0.231. The summed E-state index contributed by atoms with van der Waals surface area (Å²) in [5, 5.41) is 0. The molecule has 1 fully saturated rings. The van der Waals surface area contributed by atoms with Gasteiger partial charge < -0.3 is 4.74 Å². The van der Waals surface area contributed by atoms with E-state index in [1.54, 1.807) is 0 Å². The lowest BCUT2D eigenvalue weighted by molar-refractivity contribution is 0.346. The zero-order chi connectivity index (χ0) is 9.60. The smallest absolute Gasteiger partial charge is 0.142 e. The lowest BCUT2D eigenvalue weighted by Gasteiger charge is -2.10. The highest BCUT2D eigenvalue weighted by Gasteiger charge is 2.55. The molecule has 14 heavy (non-hydrogen) atoms. The lowest BCUT2D eigenvalue weighted by atomic mass is 9.90. The minimum absolute atomic E-state index is 0.138. The lowest BCUT2D eigenvalue weighted by Crippen LogP contribution is -2.10. The summed E-state index contributed by atoms with van der Waals surface area (Å²) in [5.74, 6) is 0. The number of allylic oxidation sites excluding steroid dienone is 2. The third-order valence-corrected chi connectivity index (χ3v) is 2.92. The Bertz CT molecular complexity index is 416. The number of ether oxygens (including phenoxy) is 1. The molecule has 0 radical (unpaired) electrons. The fourth-order valence-corrected chi connectivity index (χ4v) is 2.04. The van der Waals surface area contributed by atoms with E-state index in [4.69, 9.17) is 4.74 Å². The van der Waals surface area contributed by atoms with Crippen molar-refractivity contribution in [2.24, 2.45) is 0 Å². The van der Waals surface area contributed by atoms with Gasteiger partial charge in [0.05, 0.1) is 0 Å². The second-order valence-corrected chi connectivity index (χ2v) is 3.94. The Labute approximate surface area is 83.7 Å². The van der Waals surface area contributed by atoms with Gasteiger partial charge in [-0.3, -0.25) is 0 Å². The molecule has 0 spiro atoms. The van der Waals surface area contributed by atoms with E-state index in [-0.39, 0.29) is 11.7 Å². The van der Waals surface area contributed by atoms with Crippen LogP contribution in [0.1, 0.15) is 12.5 Å². The summed E-state index contributed by atoms with van der Waals surface area (Å²) in [5.41, 5.74) is 2.41. The number of fused-ring (bicyclic) bond motifs is 1. The van der Waals surface area contributed by atoms with Crippen LogP contribution in [0.3, 0.4) is 0 Å². The minimum atomic E-state index is -0.138. The van der Waals surface area contributed by atoms with Crippen molar-refractivity contribution in [1.29, 1.82) is 0 Å². The molecule has 0 aromatic heterocycles. The molecule has 0 N–H and O–H groups in total. The highest BCUT2D eigenvalue weighted by atomic mass is 16.6. The zero-order valence-electron chi connectivity index (χ0n) is 8.10. The van der Waals surface area contributed by atoms with Crippen LogP contribution in [0.4, 0.5) is 0 Å². The van der Waals surface area contributed by atoms with Crippen LogP contribution in [-0.2, 0) is 10.3 Å². The molecule has 0 saturated carbocycles. The molecule has 0 bridgehead atoms. The van der Waals surface area contributed by atoms with Gasteiger partial charge in [-0.05, 0) is 24.6 Å². The van der Waals surface area contributed by atoms with E-state index in [0.717, 1.165) is 0 Å². The number of rotatable bonds is 1. The Kier molecular flexibility index (Phi) is 1.48. The van der Waals surface area contributed by atoms with Crippen molar-refractivity contribution in [2.45, 2.75) is 18.6 Å². The molecule has 1 saturated heterocycles. The van der Waals surface area contributed by atoms with Crippen LogP contribution >= 0.6 is 0 Å². The molecule has 1 aromatic rings. The predicted molar refractivity (Wildman–Crippen MR) is 55.9 cm³/mol. The Morgan fingerprint density at radius 1 is 1.21 bits per heavy atom. The van der Waals surface area contributed by atoms with Crippen LogP contribution in [0, 0.1) is 0 Å². The number of hydrogen-bond donors (Lipinski definition) is 0. The fourth-order valence-electron chi connectivity index (χ4n) is 2.04. The van der Waals surface area contributed by atoms with Crippen molar-refractivity contribution in [2.75, 3.05) is 0 Å². The molecule has 1 aliphatic heterocycles. The van der Waals surface area contributed by atoms with Crippen LogP contribution in [0.2, 0.25) is 0 Å². The van der Waals surface area contributed by atoms with Crippen molar-refractivity contribution in [3.05, 3.63) is 59.7 Å². The van der Waals surface area contributed by atoms with Gasteiger partial charge >= 0.3 is 0 Å². The van der Waals surface area contributed by atoms with Crippen molar-refractivity contribution in [1.82, 2.24) is 0 Å². The zero-order valence-corrected chi connectivity index (χ0v) is 8.10. The van der Waals surface area contributed by atoms with Crippen LogP contribution in [0.15, 0.2) is 54.1 Å². The van der Waals surface area contributed by atoms with Gasteiger partial charge in [0.2, 0.25) is 0 Å². The quantitative estimate of drug-likeness (QED) is 0.611. The second kappa shape index (κ2) is 2.58. The standard InChI is InChI=1S/C13H12O/c1-10-7-8-13(12(9-10)14-13)11-5-3-2-4-6-11/h2-9,12H,1H3. The maximum Gasteiger partial charge on any atom is 0.142 e. The molecule has 2 aliphatic rings. The number of hydrogen-bond acceptors (Lipinski definition) is 1. The Morgan fingerprint density at radius 3 is 2.71 bits per heavy atom. The molecule has 2 unspecified atom stereocenters. The van der Waals surface area contributed by atoms with E-state index in [1.165, 1.54) is 11.1 Å². The molecule has 1 heterocycles. The summed E-state index contributed by atoms with van der Waals surface area (Å²) >= 11 is 0. The summed E-state index contributed by atoms with van der Waals surface area (Å²) in [6.45, 7) is 2.10. The first-order chi connectivity index (χ1) is 6.81. The average molecular weight is 184 g/mol. The highest BCUT2D eigenvalue weighted by Crippen LogP contribution is 2.50. The Balaban J connectivity index is 2.01. The van der Waals surface area contributed by atoms with Gasteiger partial charge in [-0.1, -0.05) is 42.0 Å². The molecular weight excluding hydrogens is 172 g/mol. The maximum atomic E-state index is 5.76. The number of epoxide rings is 1. The Morgan fingerprint density at radius 2 is 2.00 bits per heavy atom. The molecule has 1 aromatic carbocycles. The summed E-state index contributed by atoms with van der Waals surface area (Å²) in [4.78, 5) is 0. The molecule has 3 rings (SSSR count). The largest absolute Gasteiger partial charge is 0.352 e. The normalized spacial score (nSPS) is 33.5. The third kappa shape index (κ3) is 0.992. The highest BCUT2D eigenvalue weighted by molar-refractivity contribution is 5.44. The van der Waals surface area contributed by atoms with Gasteiger partial charge in [-0.2, -0.15) is 0 Å². The van der Waals surface area contributed by atoms with Gasteiger partial charge in [-0.25, -0.2) is 0 Å². The molecule has 1 heteroatoms. The van der Waals surface area contributed by atoms with Gasteiger partial charge in [0.1, 0.15) is 11.7 Å². The monoisotopic (exact) mass is 184 g/mol. The van der Waals surface area contributed by atoms with Crippen LogP contribution in [-0.4, -0.2) is 6.10 Å². The van der Waals surface area contributed by atoms with Crippen molar-refractivity contribution >= 4 is 0 Å². The van der Waals surface area contributed by atoms with Crippen molar-refractivity contribution in [3.8, 4) is 0 Å². The van der Waals surface area contributed by atoms with E-state index >= 15 is 0 Å². The molecule has 70 valence electrons. The van der Waals surface area contributed by atoms with Gasteiger partial charge in [-0.15, -0.1) is 0 Å². The molecule has 0 amide bonds. The van der Waals surface area contributed by atoms with Crippen LogP contribution < -0.4 is 0 Å². The van der Waals surface area contributed by atoms with E-state index in [0.29, 0.717) is 0 Å². The molecule has 1 nitrogen and oxygen atoms in total. The predicted octanol–water partition coefficient (Wildman–Crippen LogP) is 2.80. The second-order valence-electron chi connectivity index (χ2n) is 3.94. The summed E-state index contributed by atoms with van der Waals surface area (Å²) in [6.07, 6.45) is 6.75. The maximum absolute atomic E-state index is 5.76. The first kappa shape index (κ1) is 8.01. The summed E-state index contributed by atoms with van der Waals surface area (Å²) < 4.78 is 5.76. The first-order valence-corrected chi connectivity index (χ1v) is 4.92. The third-order valence-electron chi connectivity index (χ3n) is 2.92. The van der Waals surface area contributed by atoms with Crippen LogP contribution in [0.25, 0.3) is 0 Å².